The second kappa shape index (κ2) is 22.8. The van der Waals surface area contributed by atoms with Crippen molar-refractivity contribution >= 4 is 0 Å². The van der Waals surface area contributed by atoms with Crippen LogP contribution in [0.3, 0.4) is 0 Å². The molecule has 6 heteroatoms. The van der Waals surface area contributed by atoms with E-state index in [1.807, 2.05) is 41.5 Å². The maximum atomic E-state index is 3.82. The average Bonchev–Trinajstić information content (AvgIpc) is 3.63. The lowest BCUT2D eigenvalue weighted by Crippen LogP contribution is -2.64. The standard InChI is InChI=1S/2C13H26N2.C13H24N2.3C2H6/c2*1-12(2,3)15-10-6-9-14-13(11-15)7-4-5-8-13;1-12(2,3)15-10-9-14-13(11-15)7-5-4-6-8-13;3*1-2/h2*14H,4-11H2,1-3H3;4-5,14H,6-11H2,1-3H3;3*1-2H3/t;;13-;;;/m..1.../s1. The molecule has 0 unspecified atom stereocenters. The van der Waals surface area contributed by atoms with E-state index in [9.17, 15) is 0 Å². The number of allylic oxidation sites excluding steroid dienone is 1. The summed E-state index contributed by atoms with van der Waals surface area (Å²) in [5.41, 5.74) is 2.29. The molecule has 1 atom stereocenters. The summed E-state index contributed by atoms with van der Waals surface area (Å²) < 4.78 is 0. The molecule has 3 heterocycles. The molecular weight excluding hydrogens is 625 g/mol. The van der Waals surface area contributed by atoms with Gasteiger partial charge in [-0.1, -0.05) is 79.4 Å². The van der Waals surface area contributed by atoms with Crippen molar-refractivity contribution in [3.05, 3.63) is 12.2 Å². The highest BCUT2D eigenvalue weighted by Gasteiger charge is 2.41. The summed E-state index contributed by atoms with van der Waals surface area (Å²) in [6, 6.07) is 0. The second-order valence-corrected chi connectivity index (χ2v) is 18.7. The van der Waals surface area contributed by atoms with Gasteiger partial charge < -0.3 is 16.0 Å². The lowest BCUT2D eigenvalue weighted by atomic mass is 9.82. The van der Waals surface area contributed by atoms with Gasteiger partial charge in [0.15, 0.2) is 0 Å². The van der Waals surface area contributed by atoms with Gasteiger partial charge in [-0.05, 0) is 146 Å². The minimum atomic E-state index is 0.316. The molecule has 5 fully saturated rings. The zero-order valence-corrected chi connectivity index (χ0v) is 37.6. The van der Waals surface area contributed by atoms with E-state index < -0.39 is 0 Å². The van der Waals surface area contributed by atoms with Gasteiger partial charge in [0, 0.05) is 66.0 Å². The van der Waals surface area contributed by atoms with Crippen molar-refractivity contribution in [1.29, 1.82) is 0 Å². The van der Waals surface area contributed by atoms with E-state index in [0.717, 1.165) is 6.54 Å². The Bertz CT molecular complexity index is 864. The van der Waals surface area contributed by atoms with Crippen LogP contribution in [-0.4, -0.2) is 107 Å². The predicted octanol–water partition coefficient (Wildman–Crippen LogP) is 10.0. The summed E-state index contributed by atoms with van der Waals surface area (Å²) in [6.45, 7) is 44.1. The first-order valence-electron chi connectivity index (χ1n) is 22.2. The van der Waals surface area contributed by atoms with Gasteiger partial charge in [-0.2, -0.15) is 0 Å². The van der Waals surface area contributed by atoms with Crippen molar-refractivity contribution in [3.8, 4) is 0 Å². The van der Waals surface area contributed by atoms with Gasteiger partial charge in [-0.15, -0.1) is 0 Å². The van der Waals surface area contributed by atoms with Gasteiger partial charge in [0.25, 0.3) is 0 Å². The maximum absolute atomic E-state index is 3.82. The van der Waals surface area contributed by atoms with Crippen LogP contribution in [0.4, 0.5) is 0 Å². The topological polar surface area (TPSA) is 45.8 Å². The molecule has 0 aromatic heterocycles. The molecule has 0 aromatic carbocycles. The zero-order valence-electron chi connectivity index (χ0n) is 37.6. The highest BCUT2D eigenvalue weighted by Crippen LogP contribution is 2.35. The Hall–Kier alpha value is -0.500. The molecular formula is C45H94N6. The van der Waals surface area contributed by atoms with Crippen molar-refractivity contribution in [2.24, 2.45) is 0 Å². The molecule has 3 aliphatic carbocycles. The fourth-order valence-electron chi connectivity index (χ4n) is 8.89. The summed E-state index contributed by atoms with van der Waals surface area (Å²) in [6.07, 6.45) is 22.3. The third-order valence-corrected chi connectivity index (χ3v) is 12.0. The Morgan fingerprint density at radius 1 is 0.412 bits per heavy atom. The monoisotopic (exact) mass is 719 g/mol. The summed E-state index contributed by atoms with van der Waals surface area (Å²) in [4.78, 5) is 7.99. The molecule has 6 aliphatic rings. The quantitative estimate of drug-likeness (QED) is 0.217. The summed E-state index contributed by atoms with van der Waals surface area (Å²) in [7, 11) is 0. The lowest BCUT2D eigenvalue weighted by molar-refractivity contribution is 0.0511. The molecule has 0 amide bonds. The van der Waals surface area contributed by atoms with Gasteiger partial charge in [0.2, 0.25) is 0 Å². The van der Waals surface area contributed by atoms with E-state index in [1.165, 1.54) is 136 Å². The maximum Gasteiger partial charge on any atom is 0.0347 e. The fourth-order valence-corrected chi connectivity index (χ4v) is 8.89. The normalized spacial score (nSPS) is 26.8. The number of hydrogen-bond acceptors (Lipinski definition) is 6. The number of hydrogen-bond donors (Lipinski definition) is 3. The van der Waals surface area contributed by atoms with Gasteiger partial charge >= 0.3 is 0 Å². The molecule has 0 bridgehead atoms. The minimum Gasteiger partial charge on any atom is -0.310 e. The van der Waals surface area contributed by atoms with Crippen LogP contribution in [0.1, 0.15) is 187 Å². The van der Waals surface area contributed by atoms with Crippen LogP contribution in [0, 0.1) is 0 Å². The Morgan fingerprint density at radius 3 is 1.12 bits per heavy atom. The average molecular weight is 719 g/mol. The second-order valence-electron chi connectivity index (χ2n) is 18.7. The van der Waals surface area contributed by atoms with E-state index in [1.54, 1.807) is 0 Å². The van der Waals surface area contributed by atoms with E-state index in [-0.39, 0.29) is 0 Å². The van der Waals surface area contributed by atoms with Crippen molar-refractivity contribution in [3.63, 3.8) is 0 Å². The zero-order chi connectivity index (χ0) is 38.8. The van der Waals surface area contributed by atoms with Crippen LogP contribution in [0.25, 0.3) is 0 Å². The summed E-state index contributed by atoms with van der Waals surface area (Å²) in [5, 5.41) is 11.4. The SMILES string of the molecule is CC.CC.CC.CC(C)(C)N1CCCNC2(CCCC2)C1.CC(C)(C)N1CCCNC2(CCCC2)C1.CC(C)(C)N1CCN[C@@]2(CC=CCC2)C1. The first-order valence-corrected chi connectivity index (χ1v) is 22.2. The van der Waals surface area contributed by atoms with Crippen LogP contribution in [-0.2, 0) is 0 Å². The lowest BCUT2D eigenvalue weighted by Gasteiger charge is -2.49. The Morgan fingerprint density at radius 2 is 0.765 bits per heavy atom. The van der Waals surface area contributed by atoms with Crippen molar-refractivity contribution in [2.45, 2.75) is 221 Å². The first kappa shape index (κ1) is 48.5. The number of piperazine rings is 1. The molecule has 6 nitrogen and oxygen atoms in total. The van der Waals surface area contributed by atoms with E-state index in [0.29, 0.717) is 33.2 Å². The molecule has 51 heavy (non-hydrogen) atoms. The number of nitrogens with one attached hydrogen (secondary N) is 3. The first-order chi connectivity index (χ1) is 24.1. The molecule has 3 spiro atoms. The highest BCUT2D eigenvalue weighted by atomic mass is 15.3. The van der Waals surface area contributed by atoms with Crippen LogP contribution >= 0.6 is 0 Å². The van der Waals surface area contributed by atoms with E-state index in [2.05, 4.69) is 105 Å². The number of rotatable bonds is 0. The van der Waals surface area contributed by atoms with Crippen LogP contribution < -0.4 is 16.0 Å². The Kier molecular flexibility index (Phi) is 21.7. The molecule has 304 valence electrons. The van der Waals surface area contributed by atoms with Crippen molar-refractivity contribution in [1.82, 2.24) is 30.7 Å². The number of nitrogens with zero attached hydrogens (tertiary/aromatic N) is 3. The van der Waals surface area contributed by atoms with Crippen LogP contribution in [0.15, 0.2) is 12.2 Å². The van der Waals surface area contributed by atoms with Crippen molar-refractivity contribution < 1.29 is 0 Å². The van der Waals surface area contributed by atoms with Crippen LogP contribution in [0.5, 0.6) is 0 Å². The van der Waals surface area contributed by atoms with Crippen LogP contribution in [0.2, 0.25) is 0 Å². The minimum absolute atomic E-state index is 0.316. The van der Waals surface area contributed by atoms with E-state index in [4.69, 9.17) is 0 Å². The molecule has 0 aromatic rings. The van der Waals surface area contributed by atoms with Gasteiger partial charge in [0.05, 0.1) is 0 Å². The summed E-state index contributed by atoms with van der Waals surface area (Å²) in [5.74, 6) is 0. The highest BCUT2D eigenvalue weighted by molar-refractivity contribution is 5.07. The Labute approximate surface area is 321 Å². The Balaban J connectivity index is 0.000000356. The van der Waals surface area contributed by atoms with E-state index >= 15 is 0 Å². The molecule has 6 rings (SSSR count). The molecule has 3 aliphatic heterocycles. The largest absolute Gasteiger partial charge is 0.310 e. The van der Waals surface area contributed by atoms with Gasteiger partial charge in [-0.3, -0.25) is 14.7 Å². The molecule has 0 radical (unpaired) electrons. The molecule has 2 saturated carbocycles. The third kappa shape index (κ3) is 16.0. The molecule has 3 N–H and O–H groups in total. The predicted molar refractivity (Wildman–Crippen MR) is 229 cm³/mol. The fraction of sp³-hybridized carbons (Fsp3) is 0.956. The third-order valence-electron chi connectivity index (χ3n) is 12.0. The van der Waals surface area contributed by atoms with Crippen molar-refractivity contribution in [2.75, 3.05) is 58.9 Å². The summed E-state index contributed by atoms with van der Waals surface area (Å²) >= 11 is 0. The molecule has 3 saturated heterocycles. The van der Waals surface area contributed by atoms with Gasteiger partial charge in [0.1, 0.15) is 0 Å². The van der Waals surface area contributed by atoms with Gasteiger partial charge in [-0.25, -0.2) is 0 Å². The smallest absolute Gasteiger partial charge is 0.0347 e.